The molecule has 2 heterocycles. The van der Waals surface area contributed by atoms with Crippen molar-refractivity contribution in [3.63, 3.8) is 0 Å². The lowest BCUT2D eigenvalue weighted by atomic mass is 10.2. The van der Waals surface area contributed by atoms with Gasteiger partial charge in [-0.15, -0.1) is 11.3 Å². The van der Waals surface area contributed by atoms with Crippen LogP contribution in [0, 0.1) is 0 Å². The first-order chi connectivity index (χ1) is 15.3. The standard InChI is InChI=1S/C23H24N4O3S2/c1-4-27(5-2)32(29,30)18-14-20(26(3)15-18)22(28)24-17-10-8-9-16(13-17)23-25-19-11-6-7-12-21(19)31-23/h6-15H,4-5H2,1-3H3,(H,24,28). The van der Waals surface area contributed by atoms with Crippen molar-refractivity contribution < 1.29 is 13.2 Å². The second-order valence-electron chi connectivity index (χ2n) is 7.28. The van der Waals surface area contributed by atoms with Crippen LogP contribution in [-0.2, 0) is 17.1 Å². The van der Waals surface area contributed by atoms with Crippen LogP contribution in [0.2, 0.25) is 0 Å². The number of hydrogen-bond acceptors (Lipinski definition) is 5. The summed E-state index contributed by atoms with van der Waals surface area (Å²) in [5.74, 6) is -0.380. The minimum absolute atomic E-state index is 0.108. The Morgan fingerprint density at radius 2 is 1.84 bits per heavy atom. The van der Waals surface area contributed by atoms with Crippen LogP contribution in [0.5, 0.6) is 0 Å². The molecular formula is C23H24N4O3S2. The number of carbonyl (C=O) groups excluding carboxylic acids is 1. The van der Waals surface area contributed by atoms with E-state index in [9.17, 15) is 13.2 Å². The highest BCUT2D eigenvalue weighted by atomic mass is 32.2. The van der Waals surface area contributed by atoms with E-state index in [2.05, 4.69) is 10.3 Å². The van der Waals surface area contributed by atoms with Gasteiger partial charge in [0.15, 0.2) is 0 Å². The fourth-order valence-corrected chi connectivity index (χ4v) is 6.03. The van der Waals surface area contributed by atoms with E-state index >= 15 is 0 Å². The zero-order chi connectivity index (χ0) is 22.9. The largest absolute Gasteiger partial charge is 0.345 e. The first-order valence-electron chi connectivity index (χ1n) is 10.3. The van der Waals surface area contributed by atoms with E-state index in [1.54, 1.807) is 38.3 Å². The Morgan fingerprint density at radius 3 is 2.56 bits per heavy atom. The van der Waals surface area contributed by atoms with Crippen molar-refractivity contribution in [1.82, 2.24) is 13.9 Å². The number of sulfonamides is 1. The molecule has 0 spiro atoms. The third kappa shape index (κ3) is 4.19. The van der Waals surface area contributed by atoms with Gasteiger partial charge in [0, 0.05) is 37.6 Å². The molecule has 0 saturated carbocycles. The number of nitrogens with one attached hydrogen (secondary N) is 1. The quantitative estimate of drug-likeness (QED) is 0.430. The number of aromatic nitrogens is 2. The van der Waals surface area contributed by atoms with Gasteiger partial charge in [0.25, 0.3) is 5.91 Å². The molecular weight excluding hydrogens is 444 g/mol. The van der Waals surface area contributed by atoms with Crippen molar-refractivity contribution in [3.8, 4) is 10.6 Å². The molecule has 0 fully saturated rings. The maximum absolute atomic E-state index is 12.9. The molecule has 166 valence electrons. The number of hydrogen-bond donors (Lipinski definition) is 1. The van der Waals surface area contributed by atoms with Crippen molar-refractivity contribution in [3.05, 3.63) is 66.5 Å². The Hall–Kier alpha value is -3.01. The van der Waals surface area contributed by atoms with E-state index < -0.39 is 10.0 Å². The molecule has 0 saturated heterocycles. The lowest BCUT2D eigenvalue weighted by molar-refractivity contribution is 0.101. The van der Waals surface area contributed by atoms with Crippen LogP contribution in [0.25, 0.3) is 20.8 Å². The van der Waals surface area contributed by atoms with Crippen LogP contribution in [0.1, 0.15) is 24.3 Å². The molecule has 2 aromatic carbocycles. The average molecular weight is 469 g/mol. The normalized spacial score (nSPS) is 11.9. The smallest absolute Gasteiger partial charge is 0.272 e. The maximum atomic E-state index is 12.9. The highest BCUT2D eigenvalue weighted by Gasteiger charge is 2.25. The average Bonchev–Trinajstić information content (AvgIpc) is 3.38. The van der Waals surface area contributed by atoms with E-state index in [4.69, 9.17) is 0 Å². The highest BCUT2D eigenvalue weighted by molar-refractivity contribution is 7.89. The second-order valence-corrected chi connectivity index (χ2v) is 10.3. The summed E-state index contributed by atoms with van der Waals surface area (Å²) in [7, 11) is -1.98. The number of rotatable bonds is 7. The maximum Gasteiger partial charge on any atom is 0.272 e. The molecule has 0 aliphatic heterocycles. The third-order valence-electron chi connectivity index (χ3n) is 5.22. The minimum atomic E-state index is -3.64. The summed E-state index contributed by atoms with van der Waals surface area (Å²) >= 11 is 1.59. The first-order valence-corrected chi connectivity index (χ1v) is 12.5. The van der Waals surface area contributed by atoms with Gasteiger partial charge in [-0.25, -0.2) is 13.4 Å². The number of benzene rings is 2. The van der Waals surface area contributed by atoms with Crippen LogP contribution >= 0.6 is 11.3 Å². The van der Waals surface area contributed by atoms with Crippen LogP contribution in [-0.4, -0.2) is 41.3 Å². The number of nitrogens with zero attached hydrogens (tertiary/aromatic N) is 3. The van der Waals surface area contributed by atoms with Gasteiger partial charge in [-0.05, 0) is 30.3 Å². The Labute approximate surface area is 191 Å². The third-order valence-corrected chi connectivity index (χ3v) is 8.32. The molecule has 0 atom stereocenters. The molecule has 7 nitrogen and oxygen atoms in total. The predicted octanol–water partition coefficient (Wildman–Crippen LogP) is 4.58. The Kier molecular flexibility index (Phi) is 6.14. The number of para-hydroxylation sites is 1. The van der Waals surface area contributed by atoms with Gasteiger partial charge in [0.2, 0.25) is 10.0 Å². The van der Waals surface area contributed by atoms with E-state index in [1.165, 1.54) is 21.1 Å². The number of anilines is 1. The summed E-state index contributed by atoms with van der Waals surface area (Å²) in [6, 6.07) is 16.8. The minimum Gasteiger partial charge on any atom is -0.345 e. The van der Waals surface area contributed by atoms with Crippen LogP contribution in [0.4, 0.5) is 5.69 Å². The SMILES string of the molecule is CCN(CC)S(=O)(=O)c1cc(C(=O)Nc2cccc(-c3nc4ccccc4s3)c2)n(C)c1. The van der Waals surface area contributed by atoms with Gasteiger partial charge < -0.3 is 9.88 Å². The van der Waals surface area contributed by atoms with Crippen LogP contribution in [0.15, 0.2) is 65.7 Å². The Morgan fingerprint density at radius 1 is 1.09 bits per heavy atom. The van der Waals surface area contributed by atoms with Gasteiger partial charge in [-0.3, -0.25) is 4.79 Å². The molecule has 1 N–H and O–H groups in total. The summed E-state index contributed by atoms with van der Waals surface area (Å²) in [5.41, 5.74) is 2.72. The van der Waals surface area contributed by atoms with E-state index in [0.717, 1.165) is 20.8 Å². The number of fused-ring (bicyclic) bond motifs is 1. The lowest BCUT2D eigenvalue weighted by Gasteiger charge is -2.17. The monoisotopic (exact) mass is 468 g/mol. The molecule has 1 amide bonds. The molecule has 0 aliphatic rings. The van der Waals surface area contributed by atoms with Crippen molar-refractivity contribution in [1.29, 1.82) is 0 Å². The Balaban J connectivity index is 1.59. The molecule has 0 radical (unpaired) electrons. The van der Waals surface area contributed by atoms with Crippen LogP contribution in [0.3, 0.4) is 0 Å². The molecule has 9 heteroatoms. The van der Waals surface area contributed by atoms with Gasteiger partial charge in [-0.2, -0.15) is 4.31 Å². The molecule has 0 aliphatic carbocycles. The summed E-state index contributed by atoms with van der Waals surface area (Å²) in [6.07, 6.45) is 1.47. The molecule has 0 bridgehead atoms. The topological polar surface area (TPSA) is 84.3 Å². The zero-order valence-corrected chi connectivity index (χ0v) is 19.7. The second kappa shape index (κ2) is 8.85. The molecule has 2 aromatic heterocycles. The van der Waals surface area contributed by atoms with Gasteiger partial charge >= 0.3 is 0 Å². The molecule has 4 aromatic rings. The highest BCUT2D eigenvalue weighted by Crippen LogP contribution is 2.31. The zero-order valence-electron chi connectivity index (χ0n) is 18.1. The molecule has 0 unspecified atom stereocenters. The lowest BCUT2D eigenvalue weighted by Crippen LogP contribution is -2.30. The molecule has 32 heavy (non-hydrogen) atoms. The first kappa shape index (κ1) is 22.2. The van der Waals surface area contributed by atoms with Crippen LogP contribution < -0.4 is 5.32 Å². The number of thiazole rings is 1. The predicted molar refractivity (Wildman–Crippen MR) is 129 cm³/mol. The summed E-state index contributed by atoms with van der Waals surface area (Å²) in [4.78, 5) is 17.7. The number of carbonyl (C=O) groups is 1. The van der Waals surface area contributed by atoms with Crippen molar-refractivity contribution in [2.45, 2.75) is 18.7 Å². The van der Waals surface area contributed by atoms with Gasteiger partial charge in [-0.1, -0.05) is 38.1 Å². The van der Waals surface area contributed by atoms with Crippen molar-refractivity contribution in [2.24, 2.45) is 7.05 Å². The van der Waals surface area contributed by atoms with E-state index in [0.29, 0.717) is 18.8 Å². The fraction of sp³-hybridized carbons (Fsp3) is 0.217. The van der Waals surface area contributed by atoms with Crippen molar-refractivity contribution >= 4 is 43.2 Å². The number of aryl methyl sites for hydroxylation is 1. The summed E-state index contributed by atoms with van der Waals surface area (Å²) in [5, 5.41) is 3.74. The number of amides is 1. The van der Waals surface area contributed by atoms with E-state index in [1.807, 2.05) is 42.5 Å². The van der Waals surface area contributed by atoms with Gasteiger partial charge in [0.05, 0.1) is 10.2 Å². The summed E-state index contributed by atoms with van der Waals surface area (Å²) < 4.78 is 29.6. The molecule has 4 rings (SSSR count). The summed E-state index contributed by atoms with van der Waals surface area (Å²) in [6.45, 7) is 4.31. The van der Waals surface area contributed by atoms with Gasteiger partial charge in [0.1, 0.15) is 15.6 Å². The Bertz CT molecular complexity index is 1350. The van der Waals surface area contributed by atoms with Crippen molar-refractivity contribution in [2.75, 3.05) is 18.4 Å². The van der Waals surface area contributed by atoms with E-state index in [-0.39, 0.29) is 16.5 Å². The fourth-order valence-electron chi connectivity index (χ4n) is 3.53.